The Kier molecular flexibility index (Phi) is 7.07. The lowest BCUT2D eigenvalue weighted by atomic mass is 10.1. The molecule has 0 saturated heterocycles. The molecule has 4 rings (SSSR count). The standard InChI is InChI=1S/C25H28N4O2S/c1-28(17-19-7-3-2-4-8-19)25(31)26-14-11-24(30)27-21-9-5-6-10-22(21)29-15-12-23-20(18-29)13-16-32-23/h2-10,13,16H,11-12,14-15,17-18H2,1H3,(H,26,31)(H,27,30). The summed E-state index contributed by atoms with van der Waals surface area (Å²) >= 11 is 1.82. The number of benzene rings is 2. The number of carbonyl (C=O) groups excluding carboxylic acids is 2. The molecule has 0 saturated carbocycles. The number of anilines is 2. The second-order valence-corrected chi connectivity index (χ2v) is 8.93. The fourth-order valence-electron chi connectivity index (χ4n) is 3.87. The van der Waals surface area contributed by atoms with Gasteiger partial charge < -0.3 is 20.4 Å². The van der Waals surface area contributed by atoms with Crippen molar-refractivity contribution >= 4 is 34.6 Å². The van der Waals surface area contributed by atoms with Crippen molar-refractivity contribution in [3.05, 3.63) is 82.0 Å². The van der Waals surface area contributed by atoms with Crippen LogP contribution in [0.15, 0.2) is 66.0 Å². The smallest absolute Gasteiger partial charge is 0.317 e. The maximum atomic E-state index is 12.6. The van der Waals surface area contributed by atoms with E-state index in [9.17, 15) is 9.59 Å². The lowest BCUT2D eigenvalue weighted by Crippen LogP contribution is -2.38. The number of hydrogen-bond donors (Lipinski definition) is 2. The van der Waals surface area contributed by atoms with Crippen LogP contribution >= 0.6 is 11.3 Å². The SMILES string of the molecule is CN(Cc1ccccc1)C(=O)NCCC(=O)Nc1ccccc1N1CCc2sccc2C1. The zero-order valence-corrected chi connectivity index (χ0v) is 19.0. The number of thiophene rings is 1. The van der Waals surface area contributed by atoms with Crippen molar-refractivity contribution in [2.75, 3.05) is 30.4 Å². The van der Waals surface area contributed by atoms with Crippen molar-refractivity contribution in [3.8, 4) is 0 Å². The van der Waals surface area contributed by atoms with Crippen molar-refractivity contribution in [3.63, 3.8) is 0 Å². The summed E-state index contributed by atoms with van der Waals surface area (Å²) < 4.78 is 0. The molecule has 0 fully saturated rings. The number of carbonyl (C=O) groups is 2. The zero-order chi connectivity index (χ0) is 22.3. The second-order valence-electron chi connectivity index (χ2n) is 7.93. The topological polar surface area (TPSA) is 64.7 Å². The first kappa shape index (κ1) is 21.9. The van der Waals surface area contributed by atoms with Gasteiger partial charge in [-0.1, -0.05) is 42.5 Å². The van der Waals surface area contributed by atoms with Crippen LogP contribution in [0.4, 0.5) is 16.2 Å². The summed E-state index contributed by atoms with van der Waals surface area (Å²) in [7, 11) is 1.75. The minimum Gasteiger partial charge on any atom is -0.365 e. The molecule has 2 heterocycles. The van der Waals surface area contributed by atoms with E-state index in [4.69, 9.17) is 0 Å². The van der Waals surface area contributed by atoms with Crippen LogP contribution in [0, 0.1) is 0 Å². The number of rotatable bonds is 7. The molecule has 3 amide bonds. The number of urea groups is 1. The van der Waals surface area contributed by atoms with Crippen LogP contribution in [0.1, 0.15) is 22.4 Å². The predicted molar refractivity (Wildman–Crippen MR) is 130 cm³/mol. The molecule has 0 bridgehead atoms. The molecule has 0 spiro atoms. The lowest BCUT2D eigenvalue weighted by molar-refractivity contribution is -0.116. The molecule has 6 nitrogen and oxygen atoms in total. The second kappa shape index (κ2) is 10.3. The van der Waals surface area contributed by atoms with Crippen LogP contribution in [0.3, 0.4) is 0 Å². The van der Waals surface area contributed by atoms with Crippen LogP contribution in [0.25, 0.3) is 0 Å². The van der Waals surface area contributed by atoms with Crippen molar-refractivity contribution in [1.82, 2.24) is 10.2 Å². The quantitative estimate of drug-likeness (QED) is 0.560. The molecule has 2 aromatic carbocycles. The van der Waals surface area contributed by atoms with E-state index in [-0.39, 0.29) is 24.9 Å². The summed E-state index contributed by atoms with van der Waals surface area (Å²) in [6, 6.07) is 19.7. The Morgan fingerprint density at radius 1 is 1.06 bits per heavy atom. The van der Waals surface area contributed by atoms with Gasteiger partial charge in [-0.15, -0.1) is 11.3 Å². The van der Waals surface area contributed by atoms with Gasteiger partial charge in [0.15, 0.2) is 0 Å². The first-order valence-electron chi connectivity index (χ1n) is 10.8. The average molecular weight is 449 g/mol. The van der Waals surface area contributed by atoms with Crippen molar-refractivity contribution in [2.45, 2.75) is 25.9 Å². The van der Waals surface area contributed by atoms with E-state index in [1.54, 1.807) is 11.9 Å². The molecule has 3 aromatic rings. The van der Waals surface area contributed by atoms with Gasteiger partial charge in [0.25, 0.3) is 0 Å². The number of amides is 3. The molecule has 0 aliphatic carbocycles. The van der Waals surface area contributed by atoms with Gasteiger partial charge in [0.05, 0.1) is 11.4 Å². The molecule has 0 atom stereocenters. The van der Waals surface area contributed by atoms with Crippen molar-refractivity contribution < 1.29 is 9.59 Å². The largest absolute Gasteiger partial charge is 0.365 e. The Bertz CT molecular complexity index is 1070. The summed E-state index contributed by atoms with van der Waals surface area (Å²) in [6.45, 7) is 2.60. The van der Waals surface area contributed by atoms with Gasteiger partial charge in [-0.25, -0.2) is 4.79 Å². The van der Waals surface area contributed by atoms with E-state index >= 15 is 0 Å². The van der Waals surface area contributed by atoms with Gasteiger partial charge in [0.2, 0.25) is 5.91 Å². The summed E-state index contributed by atoms with van der Waals surface area (Å²) in [4.78, 5) is 30.2. The van der Waals surface area contributed by atoms with Gasteiger partial charge in [-0.2, -0.15) is 0 Å². The van der Waals surface area contributed by atoms with Crippen LogP contribution in [-0.4, -0.2) is 37.0 Å². The van der Waals surface area contributed by atoms with Crippen LogP contribution in [-0.2, 0) is 24.3 Å². The van der Waals surface area contributed by atoms with E-state index in [0.29, 0.717) is 6.54 Å². The highest BCUT2D eigenvalue weighted by molar-refractivity contribution is 7.10. The molecule has 0 unspecified atom stereocenters. The van der Waals surface area contributed by atoms with Crippen LogP contribution in [0.2, 0.25) is 0 Å². The minimum atomic E-state index is -0.193. The Hall–Kier alpha value is -3.32. The molecular formula is C25H28N4O2S. The normalized spacial score (nSPS) is 12.7. The highest BCUT2D eigenvalue weighted by atomic mass is 32.1. The molecule has 166 valence electrons. The van der Waals surface area contributed by atoms with Crippen molar-refractivity contribution in [1.29, 1.82) is 0 Å². The summed E-state index contributed by atoms with van der Waals surface area (Å²) in [5.41, 5.74) is 4.27. The van der Waals surface area contributed by atoms with Gasteiger partial charge in [-0.3, -0.25) is 4.79 Å². The number of hydrogen-bond acceptors (Lipinski definition) is 4. The van der Waals surface area contributed by atoms with Gasteiger partial charge in [0.1, 0.15) is 0 Å². The highest BCUT2D eigenvalue weighted by Gasteiger charge is 2.20. The number of nitrogens with one attached hydrogen (secondary N) is 2. The van der Waals surface area contributed by atoms with E-state index in [1.165, 1.54) is 10.4 Å². The van der Waals surface area contributed by atoms with Gasteiger partial charge in [0, 0.05) is 44.5 Å². The third kappa shape index (κ3) is 5.48. The lowest BCUT2D eigenvalue weighted by Gasteiger charge is -2.30. The monoisotopic (exact) mass is 448 g/mol. The van der Waals surface area contributed by atoms with E-state index in [2.05, 4.69) is 27.0 Å². The molecule has 7 heteroatoms. The predicted octanol–water partition coefficient (Wildman–Crippen LogP) is 4.48. The first-order valence-corrected chi connectivity index (χ1v) is 11.7. The molecule has 1 aliphatic heterocycles. The fraction of sp³-hybridized carbons (Fsp3) is 0.280. The summed E-state index contributed by atoms with van der Waals surface area (Å²) in [5.74, 6) is -0.114. The maximum Gasteiger partial charge on any atom is 0.317 e. The third-order valence-corrected chi connectivity index (χ3v) is 6.59. The molecule has 2 N–H and O–H groups in total. The van der Waals surface area contributed by atoms with Crippen LogP contribution < -0.4 is 15.5 Å². The Labute approximate surface area is 192 Å². The molecule has 1 aliphatic rings. The van der Waals surface area contributed by atoms with Gasteiger partial charge in [-0.05, 0) is 41.1 Å². The zero-order valence-electron chi connectivity index (χ0n) is 18.2. The van der Waals surface area contributed by atoms with Crippen LogP contribution in [0.5, 0.6) is 0 Å². The first-order chi connectivity index (χ1) is 15.6. The summed E-state index contributed by atoms with van der Waals surface area (Å²) in [6.07, 6.45) is 1.24. The van der Waals surface area contributed by atoms with E-state index < -0.39 is 0 Å². The fourth-order valence-corrected chi connectivity index (χ4v) is 4.76. The molecule has 1 aromatic heterocycles. The Balaban J connectivity index is 1.27. The minimum absolute atomic E-state index is 0.114. The number of nitrogens with zero attached hydrogens (tertiary/aromatic N) is 2. The number of para-hydroxylation sites is 2. The molecular weight excluding hydrogens is 420 g/mol. The van der Waals surface area contributed by atoms with E-state index in [0.717, 1.165) is 36.4 Å². The molecule has 32 heavy (non-hydrogen) atoms. The Morgan fingerprint density at radius 2 is 1.84 bits per heavy atom. The van der Waals surface area contributed by atoms with E-state index in [1.807, 2.05) is 65.9 Å². The van der Waals surface area contributed by atoms with Gasteiger partial charge >= 0.3 is 6.03 Å². The van der Waals surface area contributed by atoms with Crippen molar-refractivity contribution in [2.24, 2.45) is 0 Å². The summed E-state index contributed by atoms with van der Waals surface area (Å²) in [5, 5.41) is 7.99. The Morgan fingerprint density at radius 3 is 2.69 bits per heavy atom. The highest BCUT2D eigenvalue weighted by Crippen LogP contribution is 2.32. The molecule has 0 radical (unpaired) electrons. The third-order valence-electron chi connectivity index (χ3n) is 5.56. The number of fused-ring (bicyclic) bond motifs is 1. The maximum absolute atomic E-state index is 12.6. The average Bonchev–Trinajstić information content (AvgIpc) is 3.28.